The molecule has 3 rings (SSSR count). The molecule has 0 fully saturated rings. The second-order valence-corrected chi connectivity index (χ2v) is 7.50. The number of ether oxygens (including phenoxy) is 1. The summed E-state index contributed by atoms with van der Waals surface area (Å²) in [6.07, 6.45) is 2.49. The second-order valence-electron chi connectivity index (χ2n) is 6.49. The fourth-order valence-electron chi connectivity index (χ4n) is 2.85. The van der Waals surface area contributed by atoms with Crippen molar-refractivity contribution in [3.8, 4) is 5.75 Å². The fraction of sp³-hybridized carbons (Fsp3) is 0.421. The molecule has 0 radical (unpaired) electrons. The maximum Gasteiger partial charge on any atom is 0.278 e. The van der Waals surface area contributed by atoms with E-state index in [-0.39, 0.29) is 5.91 Å². The molecule has 0 aliphatic heterocycles. The number of thiazole rings is 1. The summed E-state index contributed by atoms with van der Waals surface area (Å²) < 4.78 is 8.30. The molecule has 144 valence electrons. The van der Waals surface area contributed by atoms with Gasteiger partial charge in [-0.05, 0) is 52.2 Å². The van der Waals surface area contributed by atoms with Crippen molar-refractivity contribution in [2.45, 2.75) is 13.3 Å². The quantitative estimate of drug-likeness (QED) is 0.594. The van der Waals surface area contributed by atoms with Crippen LogP contribution in [0.3, 0.4) is 0 Å². The Morgan fingerprint density at radius 3 is 2.74 bits per heavy atom. The monoisotopic (exact) mass is 387 g/mol. The van der Waals surface area contributed by atoms with Gasteiger partial charge in [0.2, 0.25) is 0 Å². The lowest BCUT2D eigenvalue weighted by Gasteiger charge is -2.21. The van der Waals surface area contributed by atoms with Gasteiger partial charge in [0, 0.05) is 19.8 Å². The van der Waals surface area contributed by atoms with Crippen molar-refractivity contribution in [1.29, 1.82) is 0 Å². The molecule has 0 N–H and O–H groups in total. The molecule has 7 nitrogen and oxygen atoms in total. The van der Waals surface area contributed by atoms with Gasteiger partial charge in [0.15, 0.2) is 5.13 Å². The van der Waals surface area contributed by atoms with E-state index in [4.69, 9.17) is 9.72 Å². The third-order valence-electron chi connectivity index (χ3n) is 4.17. The number of nitrogens with zero attached hydrogens (tertiary/aromatic N) is 5. The third kappa shape index (κ3) is 4.28. The minimum Gasteiger partial charge on any atom is -0.492 e. The van der Waals surface area contributed by atoms with Gasteiger partial charge in [0.1, 0.15) is 17.0 Å². The van der Waals surface area contributed by atoms with Crippen molar-refractivity contribution in [2.75, 3.05) is 38.7 Å². The summed E-state index contributed by atoms with van der Waals surface area (Å²) >= 11 is 1.51. The van der Waals surface area contributed by atoms with Crippen molar-refractivity contribution in [3.05, 3.63) is 36.2 Å². The highest BCUT2D eigenvalue weighted by molar-refractivity contribution is 7.22. The molecule has 1 aromatic carbocycles. The molecule has 0 spiro atoms. The van der Waals surface area contributed by atoms with Gasteiger partial charge in [-0.3, -0.25) is 14.4 Å². The zero-order valence-corrected chi connectivity index (χ0v) is 17.0. The van der Waals surface area contributed by atoms with E-state index in [9.17, 15) is 4.79 Å². The van der Waals surface area contributed by atoms with Gasteiger partial charge < -0.3 is 9.64 Å². The van der Waals surface area contributed by atoms with Crippen LogP contribution in [-0.4, -0.2) is 59.4 Å². The summed E-state index contributed by atoms with van der Waals surface area (Å²) in [4.78, 5) is 21.8. The minimum atomic E-state index is -0.0919. The molecule has 2 heterocycles. The minimum absolute atomic E-state index is 0.0919. The molecule has 0 saturated carbocycles. The summed E-state index contributed by atoms with van der Waals surface area (Å²) in [5.74, 6) is 0.657. The van der Waals surface area contributed by atoms with Gasteiger partial charge in [-0.25, -0.2) is 4.98 Å². The Hall–Kier alpha value is -2.45. The molecular weight excluding hydrogens is 362 g/mol. The van der Waals surface area contributed by atoms with Crippen LogP contribution in [0.25, 0.3) is 10.2 Å². The van der Waals surface area contributed by atoms with Crippen molar-refractivity contribution in [3.63, 3.8) is 0 Å². The van der Waals surface area contributed by atoms with Gasteiger partial charge in [-0.1, -0.05) is 17.4 Å². The average molecular weight is 388 g/mol. The number of hydrogen-bond donors (Lipinski definition) is 0. The maximum absolute atomic E-state index is 13.2. The number of anilines is 1. The highest BCUT2D eigenvalue weighted by Crippen LogP contribution is 2.34. The molecule has 3 aromatic rings. The predicted molar refractivity (Wildman–Crippen MR) is 109 cm³/mol. The van der Waals surface area contributed by atoms with Gasteiger partial charge in [0.25, 0.3) is 5.91 Å². The summed E-state index contributed by atoms with van der Waals surface area (Å²) in [6, 6.07) is 7.61. The number of aryl methyl sites for hydroxylation is 1. The molecule has 8 heteroatoms. The van der Waals surface area contributed by atoms with Crippen molar-refractivity contribution < 1.29 is 9.53 Å². The van der Waals surface area contributed by atoms with Crippen LogP contribution in [0.15, 0.2) is 30.5 Å². The largest absolute Gasteiger partial charge is 0.492 e. The van der Waals surface area contributed by atoms with Gasteiger partial charge in [0.05, 0.1) is 11.3 Å². The molecule has 0 atom stereocenters. The molecule has 27 heavy (non-hydrogen) atoms. The van der Waals surface area contributed by atoms with Crippen LogP contribution < -0.4 is 9.64 Å². The molecule has 0 unspecified atom stereocenters. The van der Waals surface area contributed by atoms with E-state index in [0.29, 0.717) is 24.0 Å². The SMILES string of the molecule is CCOc1cccc2sc(N(CCCN(C)C)C(=O)c3ccnn3C)nc12. The van der Waals surface area contributed by atoms with Crippen LogP contribution in [0, 0.1) is 0 Å². The van der Waals surface area contributed by atoms with E-state index >= 15 is 0 Å². The first-order valence-corrected chi connectivity index (χ1v) is 9.80. The smallest absolute Gasteiger partial charge is 0.278 e. The normalized spacial score (nSPS) is 11.3. The summed E-state index contributed by atoms with van der Waals surface area (Å²) in [6.45, 7) is 4.01. The summed E-state index contributed by atoms with van der Waals surface area (Å²) in [5.41, 5.74) is 1.35. The standard InChI is InChI=1S/C19H25N5O2S/c1-5-26-15-8-6-9-16-17(15)21-19(27-16)24(13-7-12-22(2)3)18(25)14-10-11-20-23(14)4/h6,8-11H,5,7,12-13H2,1-4H3. The lowest BCUT2D eigenvalue weighted by Crippen LogP contribution is -2.34. The van der Waals surface area contributed by atoms with E-state index < -0.39 is 0 Å². The highest BCUT2D eigenvalue weighted by Gasteiger charge is 2.24. The summed E-state index contributed by atoms with van der Waals surface area (Å²) in [5, 5.41) is 4.81. The molecule has 0 aliphatic rings. The molecule has 0 aliphatic carbocycles. The van der Waals surface area contributed by atoms with Gasteiger partial charge >= 0.3 is 0 Å². The first kappa shape index (κ1) is 19.3. The molecule has 0 saturated heterocycles. The maximum atomic E-state index is 13.2. The zero-order valence-electron chi connectivity index (χ0n) is 16.2. The van der Waals surface area contributed by atoms with Crippen LogP contribution in [0.5, 0.6) is 5.75 Å². The Balaban J connectivity index is 1.96. The topological polar surface area (TPSA) is 63.5 Å². The molecule has 1 amide bonds. The number of rotatable bonds is 8. The van der Waals surface area contributed by atoms with Crippen molar-refractivity contribution in [1.82, 2.24) is 19.7 Å². The highest BCUT2D eigenvalue weighted by atomic mass is 32.1. The van der Waals surface area contributed by atoms with E-state index in [1.165, 1.54) is 11.3 Å². The number of carbonyl (C=O) groups excluding carboxylic acids is 1. The van der Waals surface area contributed by atoms with Crippen LogP contribution in [0.2, 0.25) is 0 Å². The Morgan fingerprint density at radius 1 is 1.26 bits per heavy atom. The lowest BCUT2D eigenvalue weighted by atomic mass is 10.3. The second kappa shape index (κ2) is 8.49. The Labute approximate surface area is 163 Å². The number of amides is 1. The Kier molecular flexibility index (Phi) is 6.08. The van der Waals surface area contributed by atoms with Gasteiger partial charge in [-0.2, -0.15) is 5.10 Å². The summed E-state index contributed by atoms with van der Waals surface area (Å²) in [7, 11) is 5.83. The Morgan fingerprint density at radius 2 is 2.07 bits per heavy atom. The molecule has 2 aromatic heterocycles. The lowest BCUT2D eigenvalue weighted by molar-refractivity contribution is 0.0977. The van der Waals surface area contributed by atoms with Crippen molar-refractivity contribution >= 4 is 32.6 Å². The van der Waals surface area contributed by atoms with Crippen LogP contribution in [-0.2, 0) is 7.05 Å². The number of fused-ring (bicyclic) bond motifs is 1. The zero-order chi connectivity index (χ0) is 19.4. The first-order valence-electron chi connectivity index (χ1n) is 8.98. The average Bonchev–Trinajstić information content (AvgIpc) is 3.25. The number of benzene rings is 1. The van der Waals surface area contributed by atoms with Crippen molar-refractivity contribution in [2.24, 2.45) is 7.05 Å². The Bertz CT molecular complexity index is 918. The fourth-order valence-corrected chi connectivity index (χ4v) is 3.86. The number of para-hydroxylation sites is 1. The van der Waals surface area contributed by atoms with E-state index in [2.05, 4.69) is 10.00 Å². The van der Waals surface area contributed by atoms with Crippen LogP contribution >= 0.6 is 11.3 Å². The van der Waals surface area contributed by atoms with E-state index in [1.54, 1.807) is 28.9 Å². The number of carbonyl (C=O) groups is 1. The van der Waals surface area contributed by atoms with Gasteiger partial charge in [-0.15, -0.1) is 0 Å². The first-order chi connectivity index (χ1) is 13.0. The predicted octanol–water partition coefficient (Wildman–Crippen LogP) is 3.03. The number of aromatic nitrogens is 3. The third-order valence-corrected chi connectivity index (χ3v) is 5.22. The number of hydrogen-bond acceptors (Lipinski definition) is 6. The molecule has 0 bridgehead atoms. The molecular formula is C19H25N5O2S. The van der Waals surface area contributed by atoms with E-state index in [0.717, 1.165) is 28.9 Å². The van der Waals surface area contributed by atoms with Crippen LogP contribution in [0.1, 0.15) is 23.8 Å². The van der Waals surface area contributed by atoms with Crippen LogP contribution in [0.4, 0.5) is 5.13 Å². The van der Waals surface area contributed by atoms with E-state index in [1.807, 2.05) is 39.2 Å².